The first-order chi connectivity index (χ1) is 6.70. The van der Waals surface area contributed by atoms with Gasteiger partial charge >= 0.3 is 5.97 Å². The summed E-state index contributed by atoms with van der Waals surface area (Å²) in [6.07, 6.45) is 0. The van der Waals surface area contributed by atoms with Gasteiger partial charge in [-0.15, -0.1) is 0 Å². The molecule has 0 aliphatic carbocycles. The molecule has 80 valence electrons. The van der Waals surface area contributed by atoms with Crippen molar-refractivity contribution in [2.45, 2.75) is 0 Å². The van der Waals surface area contributed by atoms with E-state index >= 15 is 0 Å². The van der Waals surface area contributed by atoms with Crippen LogP contribution in [0.15, 0.2) is 10.2 Å². The molecule has 0 radical (unpaired) electrons. The molecule has 1 aliphatic rings. The summed E-state index contributed by atoms with van der Waals surface area (Å²) in [6.45, 7) is 8.46. The van der Waals surface area contributed by atoms with Crippen LogP contribution in [0.25, 0.3) is 0 Å². The van der Waals surface area contributed by atoms with Gasteiger partial charge in [0.15, 0.2) is 0 Å². The van der Waals surface area contributed by atoms with Gasteiger partial charge in [-0.2, -0.15) is 0 Å². The second kappa shape index (κ2) is 6.36. The van der Waals surface area contributed by atoms with Crippen LogP contribution in [-0.2, 0) is 14.3 Å². The molecule has 0 aromatic rings. The van der Waals surface area contributed by atoms with Gasteiger partial charge in [0.05, 0.1) is 16.8 Å². The fraction of sp³-hybridized carbons (Fsp3) is 0.667. The van der Waals surface area contributed by atoms with E-state index < -0.39 is 0 Å². The van der Waals surface area contributed by atoms with E-state index in [4.69, 9.17) is 9.47 Å². The predicted molar refractivity (Wildman–Crippen MR) is 60.5 cm³/mol. The van der Waals surface area contributed by atoms with E-state index in [0.717, 1.165) is 32.8 Å². The fourth-order valence-corrected chi connectivity index (χ4v) is 1.43. The normalized spacial score (nSPS) is 17.8. The van der Waals surface area contributed by atoms with E-state index in [0.29, 0.717) is 10.2 Å². The number of esters is 1. The number of halogens is 1. The highest BCUT2D eigenvalue weighted by Crippen LogP contribution is 2.02. The maximum Gasteiger partial charge on any atom is 0.343 e. The van der Waals surface area contributed by atoms with Crippen LogP contribution >= 0.6 is 22.6 Å². The molecule has 0 aromatic heterocycles. The Labute approximate surface area is 97.4 Å². The number of rotatable bonds is 4. The number of ether oxygens (including phenoxy) is 2. The van der Waals surface area contributed by atoms with Crippen LogP contribution in [0.3, 0.4) is 0 Å². The van der Waals surface area contributed by atoms with Gasteiger partial charge in [-0.05, 0) is 22.6 Å². The topological polar surface area (TPSA) is 40.0 Å². The highest BCUT2D eigenvalue weighted by molar-refractivity contribution is 14.1. The van der Waals surface area contributed by atoms with Crippen molar-refractivity contribution in [2.24, 2.45) is 0 Å². The molecule has 1 fully saturated rings. The lowest BCUT2D eigenvalue weighted by atomic mass is 10.4. The van der Waals surface area contributed by atoms with Crippen LogP contribution in [0, 0.1) is 0 Å². The summed E-state index contributed by atoms with van der Waals surface area (Å²) in [7, 11) is 0. The van der Waals surface area contributed by atoms with E-state index in [1.54, 1.807) is 0 Å². The van der Waals surface area contributed by atoms with Crippen LogP contribution in [0.2, 0.25) is 0 Å². The van der Waals surface area contributed by atoms with Crippen LogP contribution < -0.4 is 4.90 Å². The van der Waals surface area contributed by atoms with Gasteiger partial charge in [0.2, 0.25) is 0 Å². The Balaban J connectivity index is 2.08. The number of morpholine rings is 1. The second-order valence-electron chi connectivity index (χ2n) is 3.15. The van der Waals surface area contributed by atoms with E-state index in [-0.39, 0.29) is 5.97 Å². The van der Waals surface area contributed by atoms with Crippen molar-refractivity contribution in [3.05, 3.63) is 10.2 Å². The third-order valence-electron chi connectivity index (χ3n) is 2.11. The second-order valence-corrected chi connectivity index (χ2v) is 4.46. The van der Waals surface area contributed by atoms with Crippen LogP contribution in [-0.4, -0.2) is 45.4 Å². The van der Waals surface area contributed by atoms with Gasteiger partial charge < -0.3 is 14.4 Å². The third kappa shape index (κ3) is 4.39. The van der Waals surface area contributed by atoms with Crippen molar-refractivity contribution in [1.82, 2.24) is 0 Å². The zero-order valence-electron chi connectivity index (χ0n) is 8.05. The standard InChI is InChI=1S/C9H14INO3/c1-8(10)9(12)14-7-4-11-2-5-13-6-3-11/h1-7H2/p+1. The summed E-state index contributed by atoms with van der Waals surface area (Å²) in [6, 6.07) is 0. The lowest BCUT2D eigenvalue weighted by molar-refractivity contribution is -0.908. The van der Waals surface area contributed by atoms with Gasteiger partial charge in [-0.25, -0.2) is 4.79 Å². The van der Waals surface area contributed by atoms with Gasteiger partial charge in [0, 0.05) is 0 Å². The molecule has 1 N–H and O–H groups in total. The molecule has 0 unspecified atom stereocenters. The number of nitrogens with one attached hydrogen (secondary N) is 1. The number of carbonyl (C=O) groups excluding carboxylic acids is 1. The minimum atomic E-state index is -0.307. The molecule has 1 rings (SSSR count). The van der Waals surface area contributed by atoms with Crippen molar-refractivity contribution in [3.63, 3.8) is 0 Å². The largest absolute Gasteiger partial charge is 0.456 e. The summed E-state index contributed by atoms with van der Waals surface area (Å²) in [4.78, 5) is 12.5. The SMILES string of the molecule is C=C(I)C(=O)OCC[NH+]1CCOCC1. The Hall–Kier alpha value is -0.140. The zero-order valence-corrected chi connectivity index (χ0v) is 10.2. The van der Waals surface area contributed by atoms with E-state index in [2.05, 4.69) is 6.58 Å². The highest BCUT2D eigenvalue weighted by Gasteiger charge is 2.14. The first-order valence-corrected chi connectivity index (χ1v) is 5.71. The molecule has 1 aliphatic heterocycles. The Morgan fingerprint density at radius 3 is 2.71 bits per heavy atom. The van der Waals surface area contributed by atoms with Crippen LogP contribution in [0.1, 0.15) is 0 Å². The molecule has 0 aromatic carbocycles. The first kappa shape index (κ1) is 11.9. The maximum atomic E-state index is 11.0. The molecule has 1 heterocycles. The quantitative estimate of drug-likeness (QED) is 0.428. The average molecular weight is 312 g/mol. The summed E-state index contributed by atoms with van der Waals surface area (Å²) < 4.78 is 10.7. The average Bonchev–Trinajstić information content (AvgIpc) is 2.19. The number of hydrogen-bond acceptors (Lipinski definition) is 3. The van der Waals surface area contributed by atoms with Crippen molar-refractivity contribution in [1.29, 1.82) is 0 Å². The Morgan fingerprint density at radius 2 is 2.14 bits per heavy atom. The van der Waals surface area contributed by atoms with E-state index in [9.17, 15) is 4.79 Å². The molecule has 14 heavy (non-hydrogen) atoms. The minimum Gasteiger partial charge on any atom is -0.456 e. The smallest absolute Gasteiger partial charge is 0.343 e. The monoisotopic (exact) mass is 312 g/mol. The third-order valence-corrected chi connectivity index (χ3v) is 2.55. The lowest BCUT2D eigenvalue weighted by Crippen LogP contribution is -3.14. The van der Waals surface area contributed by atoms with Crippen molar-refractivity contribution in [3.8, 4) is 0 Å². The molecular weight excluding hydrogens is 297 g/mol. The number of quaternary nitrogens is 1. The van der Waals surface area contributed by atoms with E-state index in [1.807, 2.05) is 22.6 Å². The summed E-state index contributed by atoms with van der Waals surface area (Å²) in [5.41, 5.74) is 0. The molecule has 0 atom stereocenters. The predicted octanol–water partition coefficient (Wildman–Crippen LogP) is -0.607. The van der Waals surface area contributed by atoms with Crippen LogP contribution in [0.4, 0.5) is 0 Å². The first-order valence-electron chi connectivity index (χ1n) is 4.63. The van der Waals surface area contributed by atoms with Gasteiger partial charge in [0.25, 0.3) is 0 Å². The van der Waals surface area contributed by atoms with Gasteiger partial charge in [-0.3, -0.25) is 0 Å². The van der Waals surface area contributed by atoms with Crippen molar-refractivity contribution in [2.75, 3.05) is 39.5 Å². The number of hydrogen-bond donors (Lipinski definition) is 1. The molecule has 5 heteroatoms. The molecule has 0 saturated carbocycles. The molecule has 0 amide bonds. The lowest BCUT2D eigenvalue weighted by Gasteiger charge is -2.23. The minimum absolute atomic E-state index is 0.307. The number of carbonyl (C=O) groups is 1. The molecule has 1 saturated heterocycles. The fourth-order valence-electron chi connectivity index (χ4n) is 1.28. The zero-order chi connectivity index (χ0) is 10.4. The Morgan fingerprint density at radius 1 is 1.50 bits per heavy atom. The highest BCUT2D eigenvalue weighted by atomic mass is 127. The van der Waals surface area contributed by atoms with Crippen molar-refractivity contribution < 1.29 is 19.2 Å². The molecule has 4 nitrogen and oxygen atoms in total. The Kier molecular flexibility index (Phi) is 5.42. The molecule has 0 spiro atoms. The van der Waals surface area contributed by atoms with Crippen molar-refractivity contribution >= 4 is 28.6 Å². The summed E-state index contributed by atoms with van der Waals surface area (Å²) in [5, 5.41) is 0. The molecule has 0 bridgehead atoms. The van der Waals surface area contributed by atoms with Gasteiger partial charge in [0.1, 0.15) is 26.2 Å². The van der Waals surface area contributed by atoms with E-state index in [1.165, 1.54) is 4.90 Å². The maximum absolute atomic E-state index is 11.0. The summed E-state index contributed by atoms with van der Waals surface area (Å²) >= 11 is 1.87. The molecular formula is C9H15INO3+. The Bertz CT molecular complexity index is 214. The van der Waals surface area contributed by atoms with Crippen LogP contribution in [0.5, 0.6) is 0 Å². The summed E-state index contributed by atoms with van der Waals surface area (Å²) in [5.74, 6) is -0.307. The van der Waals surface area contributed by atoms with Gasteiger partial charge in [-0.1, -0.05) is 6.58 Å².